The van der Waals surface area contributed by atoms with Crippen molar-refractivity contribution in [3.63, 3.8) is 0 Å². The van der Waals surface area contributed by atoms with Crippen molar-refractivity contribution in [1.29, 1.82) is 0 Å². The fourth-order valence-corrected chi connectivity index (χ4v) is 3.00. The number of benzene rings is 2. The van der Waals surface area contributed by atoms with Crippen LogP contribution in [0.4, 0.5) is 5.69 Å². The molecule has 6 nitrogen and oxygen atoms in total. The van der Waals surface area contributed by atoms with E-state index in [9.17, 15) is 4.79 Å². The molecule has 1 N–H and O–H groups in total. The molecule has 0 radical (unpaired) electrons. The van der Waals surface area contributed by atoms with Gasteiger partial charge in [0.15, 0.2) is 5.58 Å². The standard InChI is InChI=1S/C21H21N3O3/c25-20(9-10-21-23-18-3-1-2-4-19(18)27-21)22-15-16-5-7-17(8-6-16)24-11-13-26-14-12-24/h1-10H,11-15H2,(H,22,25)/b10-9+. The number of aromatic nitrogens is 1. The summed E-state index contributed by atoms with van der Waals surface area (Å²) in [6.07, 6.45) is 3.02. The molecule has 1 amide bonds. The normalized spacial score (nSPS) is 14.7. The average molecular weight is 363 g/mol. The number of anilines is 1. The Balaban J connectivity index is 1.30. The number of rotatable bonds is 5. The van der Waals surface area contributed by atoms with Gasteiger partial charge in [-0.05, 0) is 29.8 Å². The minimum atomic E-state index is -0.186. The smallest absolute Gasteiger partial charge is 0.244 e. The van der Waals surface area contributed by atoms with E-state index in [2.05, 4.69) is 27.3 Å². The molecule has 0 unspecified atom stereocenters. The van der Waals surface area contributed by atoms with Crippen molar-refractivity contribution in [3.05, 3.63) is 66.1 Å². The van der Waals surface area contributed by atoms with Gasteiger partial charge in [0.1, 0.15) is 5.52 Å². The molecule has 4 rings (SSSR count). The number of amides is 1. The van der Waals surface area contributed by atoms with Gasteiger partial charge in [-0.3, -0.25) is 4.79 Å². The van der Waals surface area contributed by atoms with Gasteiger partial charge in [-0.25, -0.2) is 4.98 Å². The van der Waals surface area contributed by atoms with Crippen LogP contribution in [0, 0.1) is 0 Å². The number of nitrogens with one attached hydrogen (secondary N) is 1. The van der Waals surface area contributed by atoms with Gasteiger partial charge in [-0.2, -0.15) is 0 Å². The number of nitrogens with zero attached hydrogens (tertiary/aromatic N) is 2. The number of carbonyl (C=O) groups excluding carboxylic acids is 1. The van der Waals surface area contributed by atoms with E-state index in [0.29, 0.717) is 18.0 Å². The summed E-state index contributed by atoms with van der Waals surface area (Å²) in [5.41, 5.74) is 3.72. The Morgan fingerprint density at radius 2 is 1.89 bits per heavy atom. The summed E-state index contributed by atoms with van der Waals surface area (Å²) in [5.74, 6) is 0.232. The lowest BCUT2D eigenvalue weighted by Crippen LogP contribution is -2.36. The van der Waals surface area contributed by atoms with Gasteiger partial charge < -0.3 is 19.4 Å². The van der Waals surface area contributed by atoms with E-state index in [4.69, 9.17) is 9.15 Å². The Morgan fingerprint density at radius 3 is 2.67 bits per heavy atom. The number of ether oxygens (including phenoxy) is 1. The topological polar surface area (TPSA) is 67.6 Å². The van der Waals surface area contributed by atoms with Crippen LogP contribution >= 0.6 is 0 Å². The van der Waals surface area contributed by atoms with E-state index in [0.717, 1.165) is 37.4 Å². The molecule has 0 atom stereocenters. The summed E-state index contributed by atoms with van der Waals surface area (Å²) in [6.45, 7) is 3.84. The Kier molecular flexibility index (Phi) is 5.16. The third-order valence-corrected chi connectivity index (χ3v) is 4.47. The number of hydrogen-bond acceptors (Lipinski definition) is 5. The van der Waals surface area contributed by atoms with Crippen molar-refractivity contribution in [1.82, 2.24) is 10.3 Å². The van der Waals surface area contributed by atoms with Crippen molar-refractivity contribution in [3.8, 4) is 0 Å². The molecule has 138 valence electrons. The SMILES string of the molecule is O=C(/C=C/c1nc2ccccc2o1)NCc1ccc(N2CCOCC2)cc1. The third kappa shape index (κ3) is 4.35. The van der Waals surface area contributed by atoms with E-state index >= 15 is 0 Å². The quantitative estimate of drug-likeness (QED) is 0.706. The molecule has 27 heavy (non-hydrogen) atoms. The molecule has 1 fully saturated rings. The van der Waals surface area contributed by atoms with Crippen LogP contribution in [-0.2, 0) is 16.1 Å². The molecule has 0 aliphatic carbocycles. The van der Waals surface area contributed by atoms with E-state index < -0.39 is 0 Å². The fourth-order valence-electron chi connectivity index (χ4n) is 3.00. The molecule has 1 aliphatic rings. The lowest BCUT2D eigenvalue weighted by molar-refractivity contribution is -0.116. The zero-order valence-corrected chi connectivity index (χ0v) is 14.9. The highest BCUT2D eigenvalue weighted by molar-refractivity contribution is 5.91. The lowest BCUT2D eigenvalue weighted by Gasteiger charge is -2.28. The van der Waals surface area contributed by atoms with E-state index in [-0.39, 0.29) is 5.91 Å². The van der Waals surface area contributed by atoms with Gasteiger partial charge in [0, 0.05) is 37.5 Å². The van der Waals surface area contributed by atoms with Crippen molar-refractivity contribution in [2.45, 2.75) is 6.54 Å². The first-order chi connectivity index (χ1) is 13.3. The Labute approximate surface area is 157 Å². The second-order valence-electron chi connectivity index (χ2n) is 6.34. The van der Waals surface area contributed by atoms with Crippen molar-refractivity contribution in [2.24, 2.45) is 0 Å². The van der Waals surface area contributed by atoms with Crippen molar-refractivity contribution in [2.75, 3.05) is 31.2 Å². The Morgan fingerprint density at radius 1 is 1.11 bits per heavy atom. The number of fused-ring (bicyclic) bond motifs is 1. The predicted molar refractivity (Wildman–Crippen MR) is 104 cm³/mol. The molecular formula is C21H21N3O3. The van der Waals surface area contributed by atoms with Crippen LogP contribution in [0.15, 0.2) is 59.0 Å². The zero-order chi connectivity index (χ0) is 18.5. The second kappa shape index (κ2) is 8.05. The predicted octanol–water partition coefficient (Wildman–Crippen LogP) is 2.99. The maximum Gasteiger partial charge on any atom is 0.244 e. The van der Waals surface area contributed by atoms with Gasteiger partial charge in [-0.15, -0.1) is 0 Å². The van der Waals surface area contributed by atoms with Gasteiger partial charge in [0.25, 0.3) is 0 Å². The van der Waals surface area contributed by atoms with Gasteiger partial charge >= 0.3 is 0 Å². The van der Waals surface area contributed by atoms with Crippen LogP contribution in [0.5, 0.6) is 0 Å². The number of para-hydroxylation sites is 2. The molecule has 1 saturated heterocycles. The third-order valence-electron chi connectivity index (χ3n) is 4.47. The molecule has 3 aromatic rings. The molecule has 1 aromatic heterocycles. The molecule has 6 heteroatoms. The lowest BCUT2D eigenvalue weighted by atomic mass is 10.2. The minimum Gasteiger partial charge on any atom is -0.437 e. The van der Waals surface area contributed by atoms with Crippen LogP contribution in [0.25, 0.3) is 17.2 Å². The van der Waals surface area contributed by atoms with Crippen LogP contribution < -0.4 is 10.2 Å². The van der Waals surface area contributed by atoms with E-state index in [1.165, 1.54) is 11.8 Å². The summed E-state index contributed by atoms with van der Waals surface area (Å²) in [4.78, 5) is 18.6. The zero-order valence-electron chi connectivity index (χ0n) is 14.9. The minimum absolute atomic E-state index is 0.186. The molecule has 0 bridgehead atoms. The van der Waals surface area contributed by atoms with E-state index in [1.54, 1.807) is 6.08 Å². The molecule has 2 aromatic carbocycles. The second-order valence-corrected chi connectivity index (χ2v) is 6.34. The van der Waals surface area contributed by atoms with Crippen molar-refractivity contribution < 1.29 is 13.9 Å². The first-order valence-corrected chi connectivity index (χ1v) is 9.01. The molecular weight excluding hydrogens is 342 g/mol. The first kappa shape index (κ1) is 17.3. The largest absolute Gasteiger partial charge is 0.437 e. The number of morpholine rings is 1. The van der Waals surface area contributed by atoms with Crippen LogP contribution in [-0.4, -0.2) is 37.2 Å². The van der Waals surface area contributed by atoms with Gasteiger partial charge in [0.05, 0.1) is 13.2 Å². The van der Waals surface area contributed by atoms with Crippen LogP contribution in [0.1, 0.15) is 11.5 Å². The van der Waals surface area contributed by atoms with Gasteiger partial charge in [-0.1, -0.05) is 24.3 Å². The maximum atomic E-state index is 12.0. The van der Waals surface area contributed by atoms with Gasteiger partial charge in [0.2, 0.25) is 11.8 Å². The summed E-state index contributed by atoms with van der Waals surface area (Å²) >= 11 is 0. The number of hydrogen-bond donors (Lipinski definition) is 1. The highest BCUT2D eigenvalue weighted by Gasteiger charge is 2.10. The molecule has 2 heterocycles. The summed E-state index contributed by atoms with van der Waals surface area (Å²) in [5, 5.41) is 2.87. The highest BCUT2D eigenvalue weighted by atomic mass is 16.5. The summed E-state index contributed by atoms with van der Waals surface area (Å²) in [7, 11) is 0. The van der Waals surface area contributed by atoms with Crippen LogP contribution in [0.2, 0.25) is 0 Å². The first-order valence-electron chi connectivity index (χ1n) is 9.01. The van der Waals surface area contributed by atoms with Crippen molar-refractivity contribution >= 4 is 28.8 Å². The highest BCUT2D eigenvalue weighted by Crippen LogP contribution is 2.17. The Hall–Kier alpha value is -3.12. The summed E-state index contributed by atoms with van der Waals surface area (Å²) in [6, 6.07) is 15.7. The molecule has 0 spiro atoms. The Bertz CT molecular complexity index is 908. The average Bonchev–Trinajstić information content (AvgIpc) is 3.15. The molecule has 1 aliphatic heterocycles. The fraction of sp³-hybridized carbons (Fsp3) is 0.238. The number of carbonyl (C=O) groups is 1. The summed E-state index contributed by atoms with van der Waals surface area (Å²) < 4.78 is 10.9. The maximum absolute atomic E-state index is 12.0. The number of oxazole rings is 1. The molecule has 0 saturated carbocycles. The van der Waals surface area contributed by atoms with E-state index in [1.807, 2.05) is 36.4 Å². The monoisotopic (exact) mass is 363 g/mol. The van der Waals surface area contributed by atoms with Crippen LogP contribution in [0.3, 0.4) is 0 Å².